The van der Waals surface area contributed by atoms with Crippen molar-refractivity contribution in [3.8, 4) is 11.5 Å². The van der Waals surface area contributed by atoms with Gasteiger partial charge in [-0.25, -0.2) is 0 Å². The Labute approximate surface area is 86.2 Å². The smallest absolute Gasteiger partial charge is 0.164 e. The number of hydrogen-bond donors (Lipinski definition) is 2. The van der Waals surface area contributed by atoms with Gasteiger partial charge in [0.2, 0.25) is 0 Å². The maximum absolute atomic E-state index is 8.88. The topological polar surface area (TPSA) is 64.7 Å². The number of aliphatic hydroxyl groups excluding tert-OH is 1. The third-order valence-electron chi connectivity index (χ3n) is 1.99. The fourth-order valence-corrected chi connectivity index (χ4v) is 1.40. The van der Waals surface area contributed by atoms with E-state index in [1.54, 1.807) is 12.1 Å². The Hall–Kier alpha value is -1.13. The fraction of sp³-hybridized carbons (Fsp3) is 0.333. The molecule has 2 rings (SSSR count). The Morgan fingerprint density at radius 2 is 2.29 bits per heavy atom. The molecule has 1 heterocycles. The molecule has 0 fully saturated rings. The highest BCUT2D eigenvalue weighted by Gasteiger charge is 2.21. The molecule has 0 saturated carbocycles. The Morgan fingerprint density at radius 3 is 3.00 bits per heavy atom. The summed E-state index contributed by atoms with van der Waals surface area (Å²) in [7, 11) is 0. The minimum Gasteiger partial charge on any atom is -0.486 e. The molecule has 0 amide bonds. The van der Waals surface area contributed by atoms with Gasteiger partial charge in [-0.3, -0.25) is 0 Å². The Balaban J connectivity index is 2.33. The molecule has 0 aromatic heterocycles. The van der Waals surface area contributed by atoms with Gasteiger partial charge in [0.15, 0.2) is 17.6 Å². The summed E-state index contributed by atoms with van der Waals surface area (Å²) >= 11 is 5.81. The van der Waals surface area contributed by atoms with E-state index < -0.39 is 0 Å². The highest BCUT2D eigenvalue weighted by Crippen LogP contribution is 2.37. The number of benzene rings is 1. The predicted molar refractivity (Wildman–Crippen MR) is 52.9 cm³/mol. The summed E-state index contributed by atoms with van der Waals surface area (Å²) in [6.45, 7) is 0.242. The first-order valence-corrected chi connectivity index (χ1v) is 4.58. The van der Waals surface area contributed by atoms with E-state index in [0.29, 0.717) is 28.8 Å². The molecule has 0 aliphatic carbocycles. The number of anilines is 1. The Bertz CT molecular complexity index is 356. The molecule has 3 N–H and O–H groups in total. The number of halogens is 1. The average Bonchev–Trinajstić information content (AvgIpc) is 2.19. The molecule has 1 atom stereocenters. The van der Waals surface area contributed by atoms with Crippen LogP contribution in [0.5, 0.6) is 11.5 Å². The molecule has 1 aromatic rings. The SMILES string of the molecule is Nc1cc2c(cc1Cl)OCC(CO)O2. The van der Waals surface area contributed by atoms with Crippen LogP contribution in [-0.4, -0.2) is 24.4 Å². The summed E-state index contributed by atoms with van der Waals surface area (Å²) in [5.74, 6) is 1.09. The summed E-state index contributed by atoms with van der Waals surface area (Å²) in [5.41, 5.74) is 6.04. The summed E-state index contributed by atoms with van der Waals surface area (Å²) in [6.07, 6.45) is -0.330. The number of fused-ring (bicyclic) bond motifs is 1. The summed E-state index contributed by atoms with van der Waals surface area (Å²) < 4.78 is 10.7. The van der Waals surface area contributed by atoms with E-state index in [0.717, 1.165) is 0 Å². The molecular weight excluding hydrogens is 206 g/mol. The number of rotatable bonds is 1. The van der Waals surface area contributed by atoms with Crippen molar-refractivity contribution in [3.63, 3.8) is 0 Å². The first kappa shape index (κ1) is 9.43. The van der Waals surface area contributed by atoms with Gasteiger partial charge < -0.3 is 20.3 Å². The van der Waals surface area contributed by atoms with Gasteiger partial charge in [0.1, 0.15) is 6.61 Å². The molecule has 0 radical (unpaired) electrons. The van der Waals surface area contributed by atoms with Crippen LogP contribution < -0.4 is 15.2 Å². The number of nitrogen functional groups attached to an aromatic ring is 1. The molecule has 1 unspecified atom stereocenters. The van der Waals surface area contributed by atoms with Crippen LogP contribution in [0, 0.1) is 0 Å². The van der Waals surface area contributed by atoms with Crippen LogP contribution in [0.25, 0.3) is 0 Å². The zero-order chi connectivity index (χ0) is 10.1. The van der Waals surface area contributed by atoms with E-state index >= 15 is 0 Å². The maximum atomic E-state index is 8.88. The molecule has 5 heteroatoms. The summed E-state index contributed by atoms with van der Waals surface area (Å²) in [6, 6.07) is 3.21. The average molecular weight is 216 g/mol. The maximum Gasteiger partial charge on any atom is 0.164 e. The standard InChI is InChI=1S/C9H10ClNO3/c10-6-1-8-9(2-7(6)11)14-5(3-12)4-13-8/h1-2,5,12H,3-4,11H2. The van der Waals surface area contributed by atoms with Crippen molar-refractivity contribution in [2.75, 3.05) is 18.9 Å². The minimum absolute atomic E-state index is 0.0814. The third kappa shape index (κ3) is 1.58. The predicted octanol–water partition coefficient (Wildman–Crippen LogP) is 1.05. The molecule has 14 heavy (non-hydrogen) atoms. The minimum atomic E-state index is -0.330. The van der Waals surface area contributed by atoms with Gasteiger partial charge in [0.25, 0.3) is 0 Å². The second-order valence-electron chi connectivity index (χ2n) is 3.05. The van der Waals surface area contributed by atoms with Gasteiger partial charge in [-0.15, -0.1) is 0 Å². The van der Waals surface area contributed by atoms with Gasteiger partial charge in [0.05, 0.1) is 17.3 Å². The van der Waals surface area contributed by atoms with Crippen LogP contribution in [0.3, 0.4) is 0 Å². The molecule has 4 nitrogen and oxygen atoms in total. The number of hydrogen-bond acceptors (Lipinski definition) is 4. The van der Waals surface area contributed by atoms with Gasteiger partial charge in [-0.05, 0) is 0 Å². The first-order valence-electron chi connectivity index (χ1n) is 4.20. The van der Waals surface area contributed by atoms with Gasteiger partial charge in [0, 0.05) is 12.1 Å². The van der Waals surface area contributed by atoms with Crippen LogP contribution in [0.2, 0.25) is 5.02 Å². The van der Waals surface area contributed by atoms with E-state index in [-0.39, 0.29) is 12.7 Å². The quantitative estimate of drug-likeness (QED) is 0.688. The second-order valence-corrected chi connectivity index (χ2v) is 3.46. The van der Waals surface area contributed by atoms with Gasteiger partial charge in [-0.1, -0.05) is 11.6 Å². The zero-order valence-corrected chi connectivity index (χ0v) is 8.12. The summed E-state index contributed by atoms with van der Waals surface area (Å²) in [4.78, 5) is 0. The van der Waals surface area contributed by atoms with Crippen LogP contribution in [0.15, 0.2) is 12.1 Å². The van der Waals surface area contributed by atoms with E-state index in [1.165, 1.54) is 0 Å². The van der Waals surface area contributed by atoms with Gasteiger partial charge in [-0.2, -0.15) is 0 Å². The van der Waals surface area contributed by atoms with Gasteiger partial charge >= 0.3 is 0 Å². The van der Waals surface area contributed by atoms with Crippen LogP contribution in [0.4, 0.5) is 5.69 Å². The second kappa shape index (κ2) is 3.55. The number of ether oxygens (including phenoxy) is 2. The molecule has 76 valence electrons. The monoisotopic (exact) mass is 215 g/mol. The number of nitrogens with two attached hydrogens (primary N) is 1. The van der Waals surface area contributed by atoms with Crippen molar-refractivity contribution in [1.29, 1.82) is 0 Å². The fourth-order valence-electron chi connectivity index (χ4n) is 1.24. The highest BCUT2D eigenvalue weighted by molar-refractivity contribution is 6.33. The largest absolute Gasteiger partial charge is 0.486 e. The normalized spacial score (nSPS) is 19.4. The molecule has 1 aliphatic rings. The highest BCUT2D eigenvalue weighted by atomic mass is 35.5. The lowest BCUT2D eigenvalue weighted by atomic mass is 10.2. The summed E-state index contributed by atoms with van der Waals surface area (Å²) in [5, 5.41) is 9.32. The van der Waals surface area contributed by atoms with Crippen molar-refractivity contribution < 1.29 is 14.6 Å². The lowest BCUT2D eigenvalue weighted by Gasteiger charge is -2.25. The van der Waals surface area contributed by atoms with Crippen molar-refractivity contribution in [2.24, 2.45) is 0 Å². The van der Waals surface area contributed by atoms with Crippen LogP contribution in [0.1, 0.15) is 0 Å². The zero-order valence-electron chi connectivity index (χ0n) is 7.37. The van der Waals surface area contributed by atoms with Crippen molar-refractivity contribution in [2.45, 2.75) is 6.10 Å². The molecule has 0 bridgehead atoms. The molecule has 0 saturated heterocycles. The lowest BCUT2D eigenvalue weighted by Crippen LogP contribution is -2.32. The first-order chi connectivity index (χ1) is 6.70. The van der Waals surface area contributed by atoms with E-state index in [4.69, 9.17) is 31.9 Å². The van der Waals surface area contributed by atoms with Crippen molar-refractivity contribution in [1.82, 2.24) is 0 Å². The van der Waals surface area contributed by atoms with Crippen LogP contribution >= 0.6 is 11.6 Å². The molecule has 1 aromatic carbocycles. The molecule has 1 aliphatic heterocycles. The van der Waals surface area contributed by atoms with E-state index in [1.807, 2.05) is 0 Å². The lowest BCUT2D eigenvalue weighted by molar-refractivity contribution is 0.0457. The van der Waals surface area contributed by atoms with Crippen molar-refractivity contribution in [3.05, 3.63) is 17.2 Å². The molecular formula is C9H10ClNO3. The van der Waals surface area contributed by atoms with Crippen LogP contribution in [-0.2, 0) is 0 Å². The van der Waals surface area contributed by atoms with E-state index in [9.17, 15) is 0 Å². The van der Waals surface area contributed by atoms with E-state index in [2.05, 4.69) is 0 Å². The number of aliphatic hydroxyl groups is 1. The Morgan fingerprint density at radius 1 is 1.50 bits per heavy atom. The molecule has 0 spiro atoms. The third-order valence-corrected chi connectivity index (χ3v) is 2.31. The van der Waals surface area contributed by atoms with Crippen molar-refractivity contribution >= 4 is 17.3 Å². The Kier molecular flexibility index (Phi) is 2.39.